The standard InChI is InChI=1S/C15H28N2O/c1-3-12-5-6-13(11(12)2)17-14(18)9-15(10-16)7-4-8-15/h11-13H,3-10,16H2,1-2H3,(H,17,18). The molecular weight excluding hydrogens is 224 g/mol. The average molecular weight is 252 g/mol. The monoisotopic (exact) mass is 252 g/mol. The first-order valence-corrected chi connectivity index (χ1v) is 7.59. The number of rotatable bonds is 5. The molecule has 2 aliphatic carbocycles. The molecule has 2 fully saturated rings. The van der Waals surface area contributed by atoms with E-state index in [9.17, 15) is 4.79 Å². The van der Waals surface area contributed by atoms with Crippen molar-refractivity contribution in [2.75, 3.05) is 6.54 Å². The van der Waals surface area contributed by atoms with Crippen LogP contribution in [0.2, 0.25) is 0 Å². The molecule has 3 heteroatoms. The van der Waals surface area contributed by atoms with Gasteiger partial charge in [-0.1, -0.05) is 26.7 Å². The summed E-state index contributed by atoms with van der Waals surface area (Å²) in [4.78, 5) is 12.1. The highest BCUT2D eigenvalue weighted by Crippen LogP contribution is 2.43. The van der Waals surface area contributed by atoms with E-state index in [1.54, 1.807) is 0 Å². The molecule has 2 saturated carbocycles. The van der Waals surface area contributed by atoms with Crippen LogP contribution < -0.4 is 11.1 Å². The van der Waals surface area contributed by atoms with Crippen LogP contribution in [-0.2, 0) is 4.79 Å². The van der Waals surface area contributed by atoms with Gasteiger partial charge in [0.1, 0.15) is 0 Å². The van der Waals surface area contributed by atoms with E-state index in [-0.39, 0.29) is 11.3 Å². The molecule has 0 heterocycles. The van der Waals surface area contributed by atoms with Crippen LogP contribution in [0.25, 0.3) is 0 Å². The van der Waals surface area contributed by atoms with Crippen molar-refractivity contribution in [1.82, 2.24) is 5.32 Å². The van der Waals surface area contributed by atoms with Crippen LogP contribution in [0.4, 0.5) is 0 Å². The van der Waals surface area contributed by atoms with Gasteiger partial charge in [0, 0.05) is 12.5 Å². The van der Waals surface area contributed by atoms with Crippen molar-refractivity contribution >= 4 is 5.91 Å². The van der Waals surface area contributed by atoms with Crippen molar-refractivity contribution in [2.45, 2.75) is 64.8 Å². The summed E-state index contributed by atoms with van der Waals surface area (Å²) in [6.45, 7) is 5.20. The molecule has 0 aromatic rings. The maximum atomic E-state index is 12.1. The van der Waals surface area contributed by atoms with Gasteiger partial charge in [-0.2, -0.15) is 0 Å². The van der Waals surface area contributed by atoms with Crippen LogP contribution in [0.3, 0.4) is 0 Å². The normalized spacial score (nSPS) is 34.1. The molecule has 3 unspecified atom stereocenters. The van der Waals surface area contributed by atoms with Gasteiger partial charge in [-0.3, -0.25) is 4.79 Å². The Morgan fingerprint density at radius 1 is 1.39 bits per heavy atom. The third-order valence-corrected chi connectivity index (χ3v) is 5.48. The number of amides is 1. The zero-order chi connectivity index (χ0) is 13.2. The van der Waals surface area contributed by atoms with Crippen molar-refractivity contribution in [2.24, 2.45) is 23.0 Å². The van der Waals surface area contributed by atoms with Crippen molar-refractivity contribution in [3.8, 4) is 0 Å². The Morgan fingerprint density at radius 2 is 2.11 bits per heavy atom. The highest BCUT2D eigenvalue weighted by molar-refractivity contribution is 5.77. The Kier molecular flexibility index (Phi) is 4.31. The summed E-state index contributed by atoms with van der Waals surface area (Å²) in [6, 6.07) is 0.400. The lowest BCUT2D eigenvalue weighted by Crippen LogP contribution is -2.45. The highest BCUT2D eigenvalue weighted by atomic mass is 16.1. The summed E-state index contributed by atoms with van der Waals surface area (Å²) in [5.74, 6) is 1.66. The number of nitrogens with two attached hydrogens (primary N) is 1. The predicted molar refractivity (Wildman–Crippen MR) is 74.1 cm³/mol. The molecule has 3 N–H and O–H groups in total. The van der Waals surface area contributed by atoms with Gasteiger partial charge in [-0.15, -0.1) is 0 Å². The summed E-state index contributed by atoms with van der Waals surface area (Å²) in [5.41, 5.74) is 5.95. The quantitative estimate of drug-likeness (QED) is 0.789. The van der Waals surface area contributed by atoms with Crippen LogP contribution in [0.5, 0.6) is 0 Å². The topological polar surface area (TPSA) is 55.1 Å². The SMILES string of the molecule is CCC1CCC(NC(=O)CC2(CN)CCC2)C1C. The number of carbonyl (C=O) groups excluding carboxylic acids is 1. The van der Waals surface area contributed by atoms with E-state index in [4.69, 9.17) is 5.73 Å². The first kappa shape index (κ1) is 13.9. The minimum atomic E-state index is 0.135. The Labute approximate surface area is 111 Å². The second-order valence-electron chi connectivity index (χ2n) is 6.51. The van der Waals surface area contributed by atoms with Gasteiger partial charge in [0.15, 0.2) is 0 Å². The Hall–Kier alpha value is -0.570. The van der Waals surface area contributed by atoms with Crippen molar-refractivity contribution < 1.29 is 4.79 Å². The molecule has 0 radical (unpaired) electrons. The molecular formula is C15H28N2O. The molecule has 18 heavy (non-hydrogen) atoms. The van der Waals surface area contributed by atoms with E-state index >= 15 is 0 Å². The maximum absolute atomic E-state index is 12.1. The number of nitrogens with one attached hydrogen (secondary N) is 1. The molecule has 3 atom stereocenters. The molecule has 0 aromatic heterocycles. The third kappa shape index (κ3) is 2.71. The highest BCUT2D eigenvalue weighted by Gasteiger charge is 2.39. The molecule has 2 aliphatic rings. The fourth-order valence-corrected chi connectivity index (χ4v) is 3.76. The van der Waals surface area contributed by atoms with Crippen molar-refractivity contribution in [1.29, 1.82) is 0 Å². The summed E-state index contributed by atoms with van der Waals surface area (Å²) < 4.78 is 0. The summed E-state index contributed by atoms with van der Waals surface area (Å²) in [5, 5.41) is 3.26. The fraction of sp³-hybridized carbons (Fsp3) is 0.933. The first-order chi connectivity index (χ1) is 8.60. The molecule has 0 spiro atoms. The van der Waals surface area contributed by atoms with Gasteiger partial charge < -0.3 is 11.1 Å². The van der Waals surface area contributed by atoms with Gasteiger partial charge in [0.2, 0.25) is 5.91 Å². The van der Waals surface area contributed by atoms with E-state index < -0.39 is 0 Å². The van der Waals surface area contributed by atoms with Crippen molar-refractivity contribution in [3.63, 3.8) is 0 Å². The third-order valence-electron chi connectivity index (χ3n) is 5.48. The van der Waals surface area contributed by atoms with Gasteiger partial charge in [-0.25, -0.2) is 0 Å². The Balaban J connectivity index is 1.81. The van der Waals surface area contributed by atoms with Crippen molar-refractivity contribution in [3.05, 3.63) is 0 Å². The molecule has 0 saturated heterocycles. The van der Waals surface area contributed by atoms with E-state index in [1.807, 2.05) is 0 Å². The van der Waals surface area contributed by atoms with Gasteiger partial charge in [-0.05, 0) is 49.5 Å². The van der Waals surface area contributed by atoms with Crippen LogP contribution in [0.1, 0.15) is 58.8 Å². The predicted octanol–water partition coefficient (Wildman–Crippen LogP) is 2.45. The van der Waals surface area contributed by atoms with E-state index in [0.29, 0.717) is 24.9 Å². The zero-order valence-corrected chi connectivity index (χ0v) is 11.9. The summed E-state index contributed by atoms with van der Waals surface area (Å²) >= 11 is 0. The van der Waals surface area contributed by atoms with Crippen LogP contribution in [-0.4, -0.2) is 18.5 Å². The smallest absolute Gasteiger partial charge is 0.220 e. The van der Waals surface area contributed by atoms with Crippen LogP contribution >= 0.6 is 0 Å². The van der Waals surface area contributed by atoms with Crippen LogP contribution in [0.15, 0.2) is 0 Å². The van der Waals surface area contributed by atoms with E-state index in [2.05, 4.69) is 19.2 Å². The average Bonchev–Trinajstić information content (AvgIpc) is 2.65. The largest absolute Gasteiger partial charge is 0.353 e. The lowest BCUT2D eigenvalue weighted by Gasteiger charge is -2.40. The summed E-state index contributed by atoms with van der Waals surface area (Å²) in [7, 11) is 0. The summed E-state index contributed by atoms with van der Waals surface area (Å²) in [6.07, 6.45) is 7.81. The lowest BCUT2D eigenvalue weighted by atomic mass is 9.66. The number of hydrogen-bond acceptors (Lipinski definition) is 2. The molecule has 2 rings (SSSR count). The van der Waals surface area contributed by atoms with E-state index in [1.165, 1.54) is 19.3 Å². The van der Waals surface area contributed by atoms with Gasteiger partial charge >= 0.3 is 0 Å². The molecule has 0 aliphatic heterocycles. The molecule has 3 nitrogen and oxygen atoms in total. The molecule has 0 aromatic carbocycles. The molecule has 104 valence electrons. The van der Waals surface area contributed by atoms with Crippen LogP contribution in [0, 0.1) is 17.3 Å². The number of carbonyl (C=O) groups is 1. The van der Waals surface area contributed by atoms with Gasteiger partial charge in [0.25, 0.3) is 0 Å². The second kappa shape index (κ2) is 5.60. The van der Waals surface area contributed by atoms with Gasteiger partial charge in [0.05, 0.1) is 0 Å². The minimum Gasteiger partial charge on any atom is -0.353 e. The molecule has 1 amide bonds. The maximum Gasteiger partial charge on any atom is 0.220 e. The van der Waals surface area contributed by atoms with E-state index in [0.717, 1.165) is 25.2 Å². The fourth-order valence-electron chi connectivity index (χ4n) is 3.76. The molecule has 0 bridgehead atoms. The Bertz CT molecular complexity index is 293. The number of hydrogen-bond donors (Lipinski definition) is 2. The minimum absolute atomic E-state index is 0.135. The second-order valence-corrected chi connectivity index (χ2v) is 6.51. The zero-order valence-electron chi connectivity index (χ0n) is 11.9. The lowest BCUT2D eigenvalue weighted by molar-refractivity contribution is -0.125. The Morgan fingerprint density at radius 3 is 2.56 bits per heavy atom. The first-order valence-electron chi connectivity index (χ1n) is 7.59.